The number of carbonyl (C=O) groups is 2. The lowest BCUT2D eigenvalue weighted by Crippen LogP contribution is -2.65. The third-order valence-corrected chi connectivity index (χ3v) is 3.57. The van der Waals surface area contributed by atoms with E-state index in [2.05, 4.69) is 0 Å². The molecule has 1 saturated heterocycles. The smallest absolute Gasteiger partial charge is 0.329 e. The molecule has 1 aliphatic heterocycles. The Labute approximate surface area is 123 Å². The number of carbonyl (C=O) groups excluding carboxylic acids is 1. The van der Waals surface area contributed by atoms with Crippen LogP contribution in [0.15, 0.2) is 16.7 Å². The van der Waals surface area contributed by atoms with Gasteiger partial charge in [0, 0.05) is 12.6 Å². The molecule has 0 atom stereocenters. The highest BCUT2D eigenvalue weighted by atomic mass is 16.5. The van der Waals surface area contributed by atoms with Gasteiger partial charge in [0.1, 0.15) is 18.0 Å². The number of ether oxygens (including phenoxy) is 1. The first kappa shape index (κ1) is 15.4. The van der Waals surface area contributed by atoms with Crippen LogP contribution < -0.4 is 0 Å². The molecule has 1 aromatic heterocycles. The lowest BCUT2D eigenvalue weighted by atomic mass is 9.97. The van der Waals surface area contributed by atoms with Crippen molar-refractivity contribution >= 4 is 12.0 Å². The minimum absolute atomic E-state index is 0.105. The molecule has 116 valence electrons. The van der Waals surface area contributed by atoms with Gasteiger partial charge in [-0.05, 0) is 19.9 Å². The molecular formula is C14H20N2O5. The summed E-state index contributed by atoms with van der Waals surface area (Å²) in [6.45, 7) is 4.59. The summed E-state index contributed by atoms with van der Waals surface area (Å²) in [6.07, 6.45) is 1.60. The number of nitrogens with zero attached hydrogens (tertiary/aromatic N) is 2. The fraction of sp³-hybridized carbons (Fsp3) is 0.571. The molecule has 0 aromatic carbocycles. The largest absolute Gasteiger partial charge is 0.480 e. The van der Waals surface area contributed by atoms with Gasteiger partial charge in [-0.25, -0.2) is 9.59 Å². The van der Waals surface area contributed by atoms with Crippen LogP contribution in [0.25, 0.3) is 0 Å². The monoisotopic (exact) mass is 296 g/mol. The predicted molar refractivity (Wildman–Crippen MR) is 73.9 cm³/mol. The van der Waals surface area contributed by atoms with Gasteiger partial charge in [-0.3, -0.25) is 0 Å². The molecule has 0 bridgehead atoms. The molecule has 0 aliphatic carbocycles. The highest BCUT2D eigenvalue weighted by molar-refractivity contribution is 5.75. The minimum Gasteiger partial charge on any atom is -0.480 e. The van der Waals surface area contributed by atoms with Crippen molar-refractivity contribution in [3.63, 3.8) is 0 Å². The number of carboxylic acid groups (broad SMARTS) is 1. The highest BCUT2D eigenvalue weighted by Crippen LogP contribution is 2.26. The average molecular weight is 296 g/mol. The summed E-state index contributed by atoms with van der Waals surface area (Å²) in [7, 11) is 1.72. The molecule has 1 fully saturated rings. The van der Waals surface area contributed by atoms with Crippen LogP contribution in [0, 0.1) is 6.92 Å². The number of hydrogen-bond acceptors (Lipinski definition) is 4. The molecule has 2 rings (SSSR count). The SMILES string of the molecule is Cc1occc1CN(C)C(=O)N1CC(C)(OCC(=O)O)C1. The Balaban J connectivity index is 1.83. The second-order valence-corrected chi connectivity index (χ2v) is 5.63. The van der Waals surface area contributed by atoms with E-state index >= 15 is 0 Å². The van der Waals surface area contributed by atoms with Crippen molar-refractivity contribution in [1.82, 2.24) is 9.80 Å². The summed E-state index contributed by atoms with van der Waals surface area (Å²) in [5.74, 6) is -0.207. The molecule has 21 heavy (non-hydrogen) atoms. The number of rotatable bonds is 5. The fourth-order valence-corrected chi connectivity index (χ4v) is 2.36. The second-order valence-electron chi connectivity index (χ2n) is 5.63. The zero-order chi connectivity index (χ0) is 15.6. The molecule has 1 aliphatic rings. The summed E-state index contributed by atoms with van der Waals surface area (Å²) >= 11 is 0. The predicted octanol–water partition coefficient (Wildman–Crippen LogP) is 1.32. The molecule has 0 spiro atoms. The number of furan rings is 1. The summed E-state index contributed by atoms with van der Waals surface area (Å²) in [5.41, 5.74) is 0.400. The van der Waals surface area contributed by atoms with Crippen LogP contribution in [0.4, 0.5) is 4.79 Å². The molecule has 7 heteroatoms. The van der Waals surface area contributed by atoms with E-state index in [1.54, 1.807) is 30.0 Å². The van der Waals surface area contributed by atoms with Gasteiger partial charge < -0.3 is 24.1 Å². The van der Waals surface area contributed by atoms with E-state index in [9.17, 15) is 9.59 Å². The van der Waals surface area contributed by atoms with Crippen LogP contribution in [-0.4, -0.2) is 59.3 Å². The van der Waals surface area contributed by atoms with E-state index in [4.69, 9.17) is 14.3 Å². The maximum Gasteiger partial charge on any atom is 0.329 e. The zero-order valence-corrected chi connectivity index (χ0v) is 12.5. The van der Waals surface area contributed by atoms with Gasteiger partial charge in [0.25, 0.3) is 0 Å². The number of aryl methyl sites for hydroxylation is 1. The lowest BCUT2D eigenvalue weighted by Gasteiger charge is -2.48. The molecule has 0 unspecified atom stereocenters. The van der Waals surface area contributed by atoms with Crippen LogP contribution in [0.3, 0.4) is 0 Å². The van der Waals surface area contributed by atoms with E-state index in [-0.39, 0.29) is 12.6 Å². The number of likely N-dealkylation sites (tertiary alicyclic amines) is 1. The molecule has 2 amide bonds. The van der Waals surface area contributed by atoms with Crippen molar-refractivity contribution in [3.05, 3.63) is 23.7 Å². The first-order valence-electron chi connectivity index (χ1n) is 6.69. The topological polar surface area (TPSA) is 83.2 Å². The summed E-state index contributed by atoms with van der Waals surface area (Å²) < 4.78 is 10.5. The van der Waals surface area contributed by atoms with E-state index < -0.39 is 11.6 Å². The number of amides is 2. The van der Waals surface area contributed by atoms with E-state index in [1.807, 2.05) is 13.0 Å². The van der Waals surface area contributed by atoms with Crippen LogP contribution in [0.5, 0.6) is 0 Å². The minimum atomic E-state index is -1.01. The van der Waals surface area contributed by atoms with E-state index in [0.29, 0.717) is 19.6 Å². The number of urea groups is 1. The second kappa shape index (κ2) is 5.77. The Morgan fingerprint density at radius 1 is 1.52 bits per heavy atom. The van der Waals surface area contributed by atoms with Crippen LogP contribution in [-0.2, 0) is 16.1 Å². The zero-order valence-electron chi connectivity index (χ0n) is 12.5. The molecular weight excluding hydrogens is 276 g/mol. The Bertz CT molecular complexity index is 533. The fourth-order valence-electron chi connectivity index (χ4n) is 2.36. The van der Waals surface area contributed by atoms with Gasteiger partial charge in [0.05, 0.1) is 25.9 Å². The standard InChI is InChI=1S/C14H20N2O5/c1-10-11(4-5-20-10)6-15(3)13(19)16-8-14(2,9-16)21-7-12(17)18/h4-5H,6-9H2,1-3H3,(H,17,18). The normalized spacial score (nSPS) is 16.4. The Hall–Kier alpha value is -2.02. The molecule has 0 saturated carbocycles. The van der Waals surface area contributed by atoms with Crippen molar-refractivity contribution in [1.29, 1.82) is 0 Å². The van der Waals surface area contributed by atoms with Gasteiger partial charge in [-0.1, -0.05) is 0 Å². The Kier molecular flexibility index (Phi) is 4.22. The Morgan fingerprint density at radius 3 is 2.71 bits per heavy atom. The van der Waals surface area contributed by atoms with Crippen LogP contribution in [0.2, 0.25) is 0 Å². The van der Waals surface area contributed by atoms with Crippen molar-refractivity contribution in [2.24, 2.45) is 0 Å². The van der Waals surface area contributed by atoms with E-state index in [1.165, 1.54) is 0 Å². The third kappa shape index (κ3) is 3.55. The van der Waals surface area contributed by atoms with Crippen molar-refractivity contribution in [2.75, 3.05) is 26.7 Å². The van der Waals surface area contributed by atoms with Gasteiger partial charge in [0.15, 0.2) is 0 Å². The van der Waals surface area contributed by atoms with E-state index in [0.717, 1.165) is 11.3 Å². The van der Waals surface area contributed by atoms with Crippen LogP contribution in [0.1, 0.15) is 18.2 Å². The quantitative estimate of drug-likeness (QED) is 0.886. The maximum atomic E-state index is 12.2. The number of aliphatic carboxylic acids is 1. The number of hydrogen-bond donors (Lipinski definition) is 1. The van der Waals surface area contributed by atoms with Crippen molar-refractivity contribution in [2.45, 2.75) is 26.0 Å². The van der Waals surface area contributed by atoms with Gasteiger partial charge in [0.2, 0.25) is 0 Å². The Morgan fingerprint density at radius 2 is 2.19 bits per heavy atom. The summed E-state index contributed by atoms with van der Waals surface area (Å²) in [4.78, 5) is 26.0. The third-order valence-electron chi connectivity index (χ3n) is 3.57. The van der Waals surface area contributed by atoms with Crippen molar-refractivity contribution < 1.29 is 23.8 Å². The van der Waals surface area contributed by atoms with Crippen LogP contribution >= 0.6 is 0 Å². The number of carboxylic acids is 1. The summed E-state index contributed by atoms with van der Waals surface area (Å²) in [5, 5.41) is 8.61. The van der Waals surface area contributed by atoms with Gasteiger partial charge >= 0.3 is 12.0 Å². The lowest BCUT2D eigenvalue weighted by molar-refractivity contribution is -0.160. The van der Waals surface area contributed by atoms with Crippen molar-refractivity contribution in [3.8, 4) is 0 Å². The molecule has 1 N–H and O–H groups in total. The molecule has 0 radical (unpaired) electrons. The highest BCUT2D eigenvalue weighted by Gasteiger charge is 2.43. The molecule has 7 nitrogen and oxygen atoms in total. The maximum absolute atomic E-state index is 12.2. The van der Waals surface area contributed by atoms with Gasteiger partial charge in [-0.2, -0.15) is 0 Å². The first-order chi connectivity index (χ1) is 9.81. The summed E-state index contributed by atoms with van der Waals surface area (Å²) in [6, 6.07) is 1.74. The average Bonchev–Trinajstić information content (AvgIpc) is 2.78. The first-order valence-corrected chi connectivity index (χ1v) is 6.69. The van der Waals surface area contributed by atoms with Gasteiger partial charge in [-0.15, -0.1) is 0 Å². The molecule has 1 aromatic rings. The molecule has 2 heterocycles.